The fourth-order valence-electron chi connectivity index (χ4n) is 2.83. The maximum atomic E-state index is 12.4. The molecule has 2 rings (SSSR count). The average Bonchev–Trinajstić information content (AvgIpc) is 2.57. The van der Waals surface area contributed by atoms with Gasteiger partial charge in [0.05, 0.1) is 11.7 Å². The first-order valence-electron chi connectivity index (χ1n) is 9.03. The molecule has 1 amide bonds. The molecule has 0 aliphatic heterocycles. The van der Waals surface area contributed by atoms with Crippen LogP contribution in [0.1, 0.15) is 47.8 Å². The Bertz CT molecular complexity index is 802. The van der Waals surface area contributed by atoms with E-state index in [1.165, 1.54) is 0 Å². The number of nitrogens with one attached hydrogen (secondary N) is 1. The summed E-state index contributed by atoms with van der Waals surface area (Å²) in [5.41, 5.74) is 4.20. The molecular weight excluding hydrogens is 342 g/mol. The molecule has 0 fully saturated rings. The van der Waals surface area contributed by atoms with Crippen molar-refractivity contribution in [2.45, 2.75) is 53.8 Å². The maximum absolute atomic E-state index is 12.4. The van der Waals surface area contributed by atoms with E-state index < -0.39 is 12.1 Å². The molecule has 1 N–H and O–H groups in total. The molecule has 0 heterocycles. The molecule has 0 aromatic heterocycles. The van der Waals surface area contributed by atoms with Crippen LogP contribution in [0.2, 0.25) is 0 Å². The SMILES string of the molecule is Cc1cc(C)c(NC(=O)[C@@H](C)OC(=O)c2ccc(OC(C)C)cc2)c(C)c1. The largest absolute Gasteiger partial charge is 0.491 e. The zero-order valence-electron chi connectivity index (χ0n) is 16.8. The van der Waals surface area contributed by atoms with Crippen molar-refractivity contribution in [2.24, 2.45) is 0 Å². The van der Waals surface area contributed by atoms with E-state index in [0.717, 1.165) is 22.4 Å². The highest BCUT2D eigenvalue weighted by Crippen LogP contribution is 2.22. The standard InChI is InChI=1S/C22H27NO4/c1-13(2)26-19-9-7-18(8-10-19)22(25)27-17(6)21(24)23-20-15(4)11-14(3)12-16(20)5/h7-13,17H,1-6H3,(H,23,24)/t17-/m1/s1. The quantitative estimate of drug-likeness (QED) is 0.757. The maximum Gasteiger partial charge on any atom is 0.338 e. The van der Waals surface area contributed by atoms with Gasteiger partial charge in [-0.1, -0.05) is 17.7 Å². The normalized spacial score (nSPS) is 11.8. The molecule has 2 aromatic rings. The first kappa shape index (κ1) is 20.5. The van der Waals surface area contributed by atoms with Crippen molar-refractivity contribution in [3.05, 3.63) is 58.7 Å². The lowest BCUT2D eigenvalue weighted by Gasteiger charge is -2.17. The van der Waals surface area contributed by atoms with Gasteiger partial charge in [0.15, 0.2) is 6.10 Å². The Balaban J connectivity index is 2.00. The van der Waals surface area contributed by atoms with Crippen molar-refractivity contribution < 1.29 is 19.1 Å². The summed E-state index contributed by atoms with van der Waals surface area (Å²) in [6.45, 7) is 11.3. The molecule has 0 saturated carbocycles. The molecule has 5 heteroatoms. The molecule has 0 aliphatic carbocycles. The van der Waals surface area contributed by atoms with Gasteiger partial charge < -0.3 is 14.8 Å². The third-order valence-electron chi connectivity index (χ3n) is 4.04. The summed E-state index contributed by atoms with van der Waals surface area (Å²) in [6.07, 6.45) is -0.857. The van der Waals surface area contributed by atoms with Crippen LogP contribution in [0.25, 0.3) is 0 Å². The van der Waals surface area contributed by atoms with Crippen LogP contribution >= 0.6 is 0 Å². The molecule has 0 aliphatic rings. The predicted octanol–water partition coefficient (Wildman–Crippen LogP) is 4.58. The highest BCUT2D eigenvalue weighted by Gasteiger charge is 2.20. The summed E-state index contributed by atoms with van der Waals surface area (Å²) in [6, 6.07) is 10.7. The number of rotatable bonds is 6. The van der Waals surface area contributed by atoms with Crippen LogP contribution in [-0.2, 0) is 9.53 Å². The predicted molar refractivity (Wildman–Crippen MR) is 106 cm³/mol. The van der Waals surface area contributed by atoms with Crippen LogP contribution in [0.4, 0.5) is 5.69 Å². The van der Waals surface area contributed by atoms with Gasteiger partial charge in [-0.2, -0.15) is 0 Å². The average molecular weight is 369 g/mol. The molecule has 0 spiro atoms. The van der Waals surface area contributed by atoms with Crippen molar-refractivity contribution in [1.29, 1.82) is 0 Å². The molecule has 2 aromatic carbocycles. The van der Waals surface area contributed by atoms with Gasteiger partial charge >= 0.3 is 5.97 Å². The molecule has 27 heavy (non-hydrogen) atoms. The van der Waals surface area contributed by atoms with Crippen LogP contribution in [0.3, 0.4) is 0 Å². The molecule has 0 unspecified atom stereocenters. The number of hydrogen-bond donors (Lipinski definition) is 1. The molecule has 144 valence electrons. The molecule has 0 bridgehead atoms. The third kappa shape index (κ3) is 5.58. The molecule has 0 saturated heterocycles. The number of hydrogen-bond acceptors (Lipinski definition) is 4. The minimum absolute atomic E-state index is 0.0557. The first-order valence-corrected chi connectivity index (χ1v) is 9.03. The van der Waals surface area contributed by atoms with Crippen molar-refractivity contribution >= 4 is 17.6 Å². The Hall–Kier alpha value is -2.82. The number of anilines is 1. The van der Waals surface area contributed by atoms with Crippen molar-refractivity contribution in [3.63, 3.8) is 0 Å². The lowest BCUT2D eigenvalue weighted by atomic mass is 10.0. The second kappa shape index (κ2) is 8.71. The lowest BCUT2D eigenvalue weighted by molar-refractivity contribution is -0.123. The van der Waals surface area contributed by atoms with Crippen molar-refractivity contribution in [2.75, 3.05) is 5.32 Å². The number of aryl methyl sites for hydroxylation is 3. The van der Waals surface area contributed by atoms with E-state index in [-0.39, 0.29) is 12.0 Å². The van der Waals surface area contributed by atoms with E-state index in [1.807, 2.05) is 46.8 Å². The van der Waals surface area contributed by atoms with Gasteiger partial charge in [-0.3, -0.25) is 4.79 Å². The van der Waals surface area contributed by atoms with Crippen LogP contribution in [-0.4, -0.2) is 24.1 Å². The Kier molecular flexibility index (Phi) is 6.61. The van der Waals surface area contributed by atoms with E-state index in [9.17, 15) is 9.59 Å². The molecule has 1 atom stereocenters. The van der Waals surface area contributed by atoms with Crippen molar-refractivity contribution in [1.82, 2.24) is 0 Å². The minimum atomic E-state index is -0.913. The van der Waals surface area contributed by atoms with E-state index in [1.54, 1.807) is 31.2 Å². The Morgan fingerprint density at radius 2 is 1.48 bits per heavy atom. The van der Waals surface area contributed by atoms with Gasteiger partial charge in [-0.15, -0.1) is 0 Å². The number of carbonyl (C=O) groups excluding carboxylic acids is 2. The summed E-state index contributed by atoms with van der Waals surface area (Å²) in [5, 5.41) is 2.86. The van der Waals surface area contributed by atoms with Gasteiger partial charge in [-0.25, -0.2) is 4.79 Å². The molecule has 0 radical (unpaired) electrons. The number of ether oxygens (including phenoxy) is 2. The Morgan fingerprint density at radius 1 is 0.926 bits per heavy atom. The van der Waals surface area contributed by atoms with Gasteiger partial charge in [0.25, 0.3) is 5.91 Å². The van der Waals surface area contributed by atoms with E-state index in [0.29, 0.717) is 11.3 Å². The first-order chi connectivity index (χ1) is 12.7. The minimum Gasteiger partial charge on any atom is -0.491 e. The van der Waals surface area contributed by atoms with Gasteiger partial charge in [0, 0.05) is 5.69 Å². The zero-order valence-corrected chi connectivity index (χ0v) is 16.8. The van der Waals surface area contributed by atoms with Crippen LogP contribution in [0, 0.1) is 20.8 Å². The smallest absolute Gasteiger partial charge is 0.338 e. The molecule has 5 nitrogen and oxygen atoms in total. The topological polar surface area (TPSA) is 64.6 Å². The highest BCUT2D eigenvalue weighted by molar-refractivity contribution is 5.98. The zero-order chi connectivity index (χ0) is 20.1. The summed E-state index contributed by atoms with van der Waals surface area (Å²) in [5.74, 6) is -0.234. The summed E-state index contributed by atoms with van der Waals surface area (Å²) < 4.78 is 10.9. The van der Waals surface area contributed by atoms with E-state index >= 15 is 0 Å². The van der Waals surface area contributed by atoms with Crippen LogP contribution < -0.4 is 10.1 Å². The number of esters is 1. The third-order valence-corrected chi connectivity index (χ3v) is 4.04. The van der Waals surface area contributed by atoms with Gasteiger partial charge in [-0.05, 0) is 76.9 Å². The lowest BCUT2D eigenvalue weighted by Crippen LogP contribution is -2.30. The highest BCUT2D eigenvalue weighted by atomic mass is 16.5. The Labute approximate surface area is 160 Å². The fraction of sp³-hybridized carbons (Fsp3) is 0.364. The number of amides is 1. The summed E-state index contributed by atoms with van der Waals surface area (Å²) in [4.78, 5) is 24.7. The van der Waals surface area contributed by atoms with Gasteiger partial charge in [0.2, 0.25) is 0 Å². The van der Waals surface area contributed by atoms with Crippen LogP contribution in [0.5, 0.6) is 5.75 Å². The summed E-state index contributed by atoms with van der Waals surface area (Å²) >= 11 is 0. The number of carbonyl (C=O) groups is 2. The fourth-order valence-corrected chi connectivity index (χ4v) is 2.83. The Morgan fingerprint density at radius 3 is 2.00 bits per heavy atom. The second-order valence-electron chi connectivity index (χ2n) is 7.00. The molecular formula is C22H27NO4. The number of benzene rings is 2. The second-order valence-corrected chi connectivity index (χ2v) is 7.00. The van der Waals surface area contributed by atoms with Crippen LogP contribution in [0.15, 0.2) is 36.4 Å². The van der Waals surface area contributed by atoms with Gasteiger partial charge in [0.1, 0.15) is 5.75 Å². The summed E-state index contributed by atoms with van der Waals surface area (Å²) in [7, 11) is 0. The van der Waals surface area contributed by atoms with E-state index in [4.69, 9.17) is 9.47 Å². The van der Waals surface area contributed by atoms with E-state index in [2.05, 4.69) is 5.32 Å². The monoisotopic (exact) mass is 369 g/mol. The van der Waals surface area contributed by atoms with Crippen molar-refractivity contribution in [3.8, 4) is 5.75 Å².